The third-order valence-corrected chi connectivity index (χ3v) is 2.62. The van der Waals surface area contributed by atoms with Gasteiger partial charge < -0.3 is 10.1 Å². The van der Waals surface area contributed by atoms with Crippen LogP contribution in [-0.4, -0.2) is 17.1 Å². The van der Waals surface area contributed by atoms with E-state index >= 15 is 0 Å². The standard InChI is InChI=1S/C12H12BrN3O/c1-17-11-4-2-10(3-5-11)14-8-12-15-6-9(13)7-16-12/h2-7,14H,8H2,1H3. The van der Waals surface area contributed by atoms with Gasteiger partial charge >= 0.3 is 0 Å². The number of anilines is 1. The van der Waals surface area contributed by atoms with Gasteiger partial charge in [0, 0.05) is 18.1 Å². The summed E-state index contributed by atoms with van der Waals surface area (Å²) in [6.45, 7) is 0.597. The molecular weight excluding hydrogens is 282 g/mol. The lowest BCUT2D eigenvalue weighted by Gasteiger charge is -2.06. The number of methoxy groups -OCH3 is 1. The van der Waals surface area contributed by atoms with E-state index in [-0.39, 0.29) is 0 Å². The third-order valence-electron chi connectivity index (χ3n) is 2.21. The second kappa shape index (κ2) is 5.63. The lowest BCUT2D eigenvalue weighted by molar-refractivity contribution is 0.415. The highest BCUT2D eigenvalue weighted by Gasteiger charge is 1.97. The Labute approximate surface area is 108 Å². The summed E-state index contributed by atoms with van der Waals surface area (Å²) < 4.78 is 5.97. The van der Waals surface area contributed by atoms with Crippen LogP contribution in [0.4, 0.5) is 5.69 Å². The van der Waals surface area contributed by atoms with Crippen molar-refractivity contribution in [1.82, 2.24) is 9.97 Å². The molecule has 1 N–H and O–H groups in total. The monoisotopic (exact) mass is 293 g/mol. The second-order valence-electron chi connectivity index (χ2n) is 3.40. The lowest BCUT2D eigenvalue weighted by atomic mass is 10.3. The number of nitrogens with zero attached hydrogens (tertiary/aromatic N) is 2. The van der Waals surface area contributed by atoms with Crippen LogP contribution in [-0.2, 0) is 6.54 Å². The maximum absolute atomic E-state index is 5.09. The van der Waals surface area contributed by atoms with E-state index in [1.807, 2.05) is 24.3 Å². The van der Waals surface area contributed by atoms with Crippen LogP contribution in [0.2, 0.25) is 0 Å². The number of hydrogen-bond acceptors (Lipinski definition) is 4. The van der Waals surface area contributed by atoms with Crippen LogP contribution in [0.5, 0.6) is 5.75 Å². The van der Waals surface area contributed by atoms with Gasteiger partial charge in [0.2, 0.25) is 0 Å². The SMILES string of the molecule is COc1ccc(NCc2ncc(Br)cn2)cc1. The van der Waals surface area contributed by atoms with E-state index in [1.165, 1.54) is 0 Å². The Morgan fingerprint density at radius 2 is 1.82 bits per heavy atom. The maximum atomic E-state index is 5.09. The van der Waals surface area contributed by atoms with Crippen LogP contribution in [0.15, 0.2) is 41.1 Å². The molecule has 0 aliphatic rings. The van der Waals surface area contributed by atoms with Crippen LogP contribution in [0.1, 0.15) is 5.82 Å². The predicted octanol–water partition coefficient (Wildman–Crippen LogP) is 2.86. The largest absolute Gasteiger partial charge is 0.497 e. The fourth-order valence-corrected chi connectivity index (χ4v) is 1.53. The van der Waals surface area contributed by atoms with Gasteiger partial charge in [-0.3, -0.25) is 0 Å². The van der Waals surface area contributed by atoms with E-state index in [2.05, 4.69) is 31.2 Å². The molecule has 0 fully saturated rings. The van der Waals surface area contributed by atoms with Crippen molar-refractivity contribution in [2.75, 3.05) is 12.4 Å². The van der Waals surface area contributed by atoms with Gasteiger partial charge in [0.1, 0.15) is 11.6 Å². The molecule has 0 amide bonds. The van der Waals surface area contributed by atoms with Crippen LogP contribution in [0.3, 0.4) is 0 Å². The minimum atomic E-state index is 0.597. The quantitative estimate of drug-likeness (QED) is 0.942. The Morgan fingerprint density at radius 1 is 1.18 bits per heavy atom. The van der Waals surface area contributed by atoms with E-state index in [0.29, 0.717) is 6.54 Å². The molecule has 1 heterocycles. The molecule has 4 nitrogen and oxygen atoms in total. The number of nitrogens with one attached hydrogen (secondary N) is 1. The van der Waals surface area contributed by atoms with Crippen molar-refractivity contribution in [3.05, 3.63) is 47.0 Å². The Hall–Kier alpha value is -1.62. The number of ether oxygens (including phenoxy) is 1. The molecular formula is C12H12BrN3O. The molecule has 0 saturated heterocycles. The summed E-state index contributed by atoms with van der Waals surface area (Å²) in [7, 11) is 1.65. The molecule has 0 atom stereocenters. The molecule has 0 aliphatic heterocycles. The normalized spacial score (nSPS) is 10.0. The second-order valence-corrected chi connectivity index (χ2v) is 4.32. The molecule has 0 aliphatic carbocycles. The molecule has 0 radical (unpaired) electrons. The van der Waals surface area contributed by atoms with E-state index in [4.69, 9.17) is 4.74 Å². The van der Waals surface area contributed by atoms with Gasteiger partial charge in [-0.1, -0.05) is 0 Å². The van der Waals surface area contributed by atoms with Gasteiger partial charge in [0.25, 0.3) is 0 Å². The number of rotatable bonds is 4. The van der Waals surface area contributed by atoms with Crippen molar-refractivity contribution in [1.29, 1.82) is 0 Å². The predicted molar refractivity (Wildman–Crippen MR) is 70.1 cm³/mol. The van der Waals surface area contributed by atoms with E-state index in [1.54, 1.807) is 19.5 Å². The van der Waals surface area contributed by atoms with Gasteiger partial charge in [-0.05, 0) is 40.2 Å². The summed E-state index contributed by atoms with van der Waals surface area (Å²) in [5, 5.41) is 3.24. The molecule has 1 aromatic carbocycles. The Balaban J connectivity index is 1.95. The highest BCUT2D eigenvalue weighted by molar-refractivity contribution is 9.10. The maximum Gasteiger partial charge on any atom is 0.147 e. The van der Waals surface area contributed by atoms with Gasteiger partial charge in [-0.2, -0.15) is 0 Å². The highest BCUT2D eigenvalue weighted by atomic mass is 79.9. The van der Waals surface area contributed by atoms with E-state index in [9.17, 15) is 0 Å². The first-order chi connectivity index (χ1) is 8.28. The summed E-state index contributed by atoms with van der Waals surface area (Å²) in [5.41, 5.74) is 1.01. The first-order valence-corrected chi connectivity index (χ1v) is 5.91. The average molecular weight is 294 g/mol. The third kappa shape index (κ3) is 3.42. The molecule has 2 rings (SSSR count). The van der Waals surface area contributed by atoms with Gasteiger partial charge in [-0.25, -0.2) is 9.97 Å². The van der Waals surface area contributed by atoms with Gasteiger partial charge in [0.05, 0.1) is 18.1 Å². The topological polar surface area (TPSA) is 47.0 Å². The molecule has 1 aromatic heterocycles. The highest BCUT2D eigenvalue weighted by Crippen LogP contribution is 2.15. The minimum Gasteiger partial charge on any atom is -0.497 e. The van der Waals surface area contributed by atoms with Crippen LogP contribution in [0.25, 0.3) is 0 Å². The fourth-order valence-electron chi connectivity index (χ4n) is 1.32. The van der Waals surface area contributed by atoms with E-state index in [0.717, 1.165) is 21.7 Å². The van der Waals surface area contributed by atoms with Gasteiger partial charge in [0.15, 0.2) is 0 Å². The molecule has 2 aromatic rings. The Bertz CT molecular complexity index is 470. The molecule has 5 heteroatoms. The molecule has 0 saturated carbocycles. The Morgan fingerprint density at radius 3 is 2.41 bits per heavy atom. The average Bonchev–Trinajstić information content (AvgIpc) is 2.39. The van der Waals surface area contributed by atoms with E-state index < -0.39 is 0 Å². The first kappa shape index (κ1) is 11.9. The molecule has 0 bridgehead atoms. The van der Waals surface area contributed by atoms with Crippen molar-refractivity contribution >= 4 is 21.6 Å². The molecule has 17 heavy (non-hydrogen) atoms. The van der Waals surface area contributed by atoms with Crippen molar-refractivity contribution in [3.63, 3.8) is 0 Å². The molecule has 88 valence electrons. The van der Waals surface area contributed by atoms with Crippen LogP contribution < -0.4 is 10.1 Å². The summed E-state index contributed by atoms with van der Waals surface area (Å²) in [6, 6.07) is 7.73. The fraction of sp³-hybridized carbons (Fsp3) is 0.167. The van der Waals surface area contributed by atoms with Crippen molar-refractivity contribution in [2.45, 2.75) is 6.54 Å². The number of halogens is 1. The number of hydrogen-bond donors (Lipinski definition) is 1. The smallest absolute Gasteiger partial charge is 0.147 e. The zero-order valence-corrected chi connectivity index (χ0v) is 10.9. The van der Waals surface area contributed by atoms with Crippen LogP contribution >= 0.6 is 15.9 Å². The number of aromatic nitrogens is 2. The van der Waals surface area contributed by atoms with Crippen molar-refractivity contribution in [2.24, 2.45) is 0 Å². The van der Waals surface area contributed by atoms with Gasteiger partial charge in [-0.15, -0.1) is 0 Å². The zero-order chi connectivity index (χ0) is 12.1. The lowest BCUT2D eigenvalue weighted by Crippen LogP contribution is -2.03. The van der Waals surface area contributed by atoms with Crippen LogP contribution in [0, 0.1) is 0 Å². The Kier molecular flexibility index (Phi) is 3.93. The molecule has 0 spiro atoms. The summed E-state index contributed by atoms with van der Waals surface area (Å²) in [4.78, 5) is 8.36. The summed E-state index contributed by atoms with van der Waals surface area (Å²) in [5.74, 6) is 1.60. The molecule has 0 unspecified atom stereocenters. The zero-order valence-electron chi connectivity index (χ0n) is 9.35. The van der Waals surface area contributed by atoms with Crippen molar-refractivity contribution < 1.29 is 4.74 Å². The summed E-state index contributed by atoms with van der Waals surface area (Å²) in [6.07, 6.45) is 3.47. The van der Waals surface area contributed by atoms with Crippen molar-refractivity contribution in [3.8, 4) is 5.75 Å². The minimum absolute atomic E-state index is 0.597. The number of benzene rings is 1. The summed E-state index contributed by atoms with van der Waals surface area (Å²) >= 11 is 3.30. The first-order valence-electron chi connectivity index (χ1n) is 5.12.